The van der Waals surface area contributed by atoms with Crippen molar-refractivity contribution in [1.82, 2.24) is 36.9 Å². The molecule has 7 amide bonds. The van der Waals surface area contributed by atoms with Crippen LogP contribution in [0.1, 0.15) is 82.3 Å². The number of nitrogens with two attached hydrogens (primary N) is 3. The standard InChI is InChI=1S/C42H59N11O7/c1-2-3-15-31-39(58)53-36(55)20-19-35(54)46-21-10-9-17-30(37(43)56)50-41(60)34(24-27-25-48-29-16-8-7-14-28(27)29)52-38(57)32(18-11-22-47-42(44)45)51-40(59)33(49-31)23-26-12-5-4-6-13-26/h4-8,12-14,16,25,30-34,48-49H,2-3,9-11,15,17-24H2,1H3,(H2,43,56)(H,46,54)(H,50,60)(H,51,59)(H,52,57)(H4,44,45,47)(H,53,55,58)/t30-,31+,32-,33+,34-/m0/s1. The van der Waals surface area contributed by atoms with Crippen molar-refractivity contribution < 1.29 is 33.6 Å². The maximum atomic E-state index is 14.4. The van der Waals surface area contributed by atoms with E-state index in [-0.39, 0.29) is 70.4 Å². The number of primary amides is 1. The zero-order valence-electron chi connectivity index (χ0n) is 34.1. The van der Waals surface area contributed by atoms with Gasteiger partial charge in [-0.15, -0.1) is 0 Å². The van der Waals surface area contributed by atoms with Crippen LogP contribution in [0.5, 0.6) is 0 Å². The van der Waals surface area contributed by atoms with Crippen LogP contribution in [0.25, 0.3) is 10.9 Å². The van der Waals surface area contributed by atoms with Gasteiger partial charge in [-0.1, -0.05) is 68.3 Å². The van der Waals surface area contributed by atoms with Crippen LogP contribution in [0.3, 0.4) is 0 Å². The fourth-order valence-corrected chi connectivity index (χ4v) is 6.93. The number of para-hydroxylation sites is 1. The number of benzene rings is 2. The lowest BCUT2D eigenvalue weighted by molar-refractivity contribution is -0.134. The van der Waals surface area contributed by atoms with Gasteiger partial charge >= 0.3 is 0 Å². The Hall–Kier alpha value is -6.30. The molecule has 0 aliphatic carbocycles. The Kier molecular flexibility index (Phi) is 18.5. The molecular formula is C42H59N11O7. The third-order valence-corrected chi connectivity index (χ3v) is 10.2. The van der Waals surface area contributed by atoms with E-state index < -0.39 is 71.6 Å². The number of imide groups is 1. The third-order valence-electron chi connectivity index (χ3n) is 10.2. The summed E-state index contributed by atoms with van der Waals surface area (Å²) in [6, 6.07) is 10.9. The highest BCUT2D eigenvalue weighted by Crippen LogP contribution is 2.20. The molecule has 3 aromatic rings. The van der Waals surface area contributed by atoms with Gasteiger partial charge in [-0.05, 0) is 62.1 Å². The average molecular weight is 830 g/mol. The third kappa shape index (κ3) is 15.1. The first-order chi connectivity index (χ1) is 28.8. The van der Waals surface area contributed by atoms with Crippen molar-refractivity contribution in [3.05, 3.63) is 71.9 Å². The minimum atomic E-state index is -1.23. The number of carbonyl (C=O) groups is 7. The molecule has 1 saturated heterocycles. The highest BCUT2D eigenvalue weighted by atomic mass is 16.2. The lowest BCUT2D eigenvalue weighted by Gasteiger charge is -2.28. The summed E-state index contributed by atoms with van der Waals surface area (Å²) in [5, 5.41) is 17.5. The van der Waals surface area contributed by atoms with E-state index in [0.717, 1.165) is 22.9 Å². The van der Waals surface area contributed by atoms with Crippen molar-refractivity contribution in [3.8, 4) is 0 Å². The molecule has 2 heterocycles. The minimum absolute atomic E-state index is 0.0128. The fourth-order valence-electron chi connectivity index (χ4n) is 6.93. The fraction of sp³-hybridized carbons (Fsp3) is 0.476. The number of carbonyl (C=O) groups excluding carboxylic acids is 7. The summed E-state index contributed by atoms with van der Waals surface area (Å²) in [5.41, 5.74) is 19.1. The van der Waals surface area contributed by atoms with Gasteiger partial charge in [-0.25, -0.2) is 0 Å². The van der Waals surface area contributed by atoms with Crippen molar-refractivity contribution in [3.63, 3.8) is 0 Å². The summed E-state index contributed by atoms with van der Waals surface area (Å²) in [6.45, 7) is 2.32. The van der Waals surface area contributed by atoms with Crippen LogP contribution < -0.4 is 49.1 Å². The number of aliphatic imine (C=N–C) groups is 1. The van der Waals surface area contributed by atoms with E-state index in [1.807, 2.05) is 61.5 Å². The molecule has 2 aromatic carbocycles. The first-order valence-electron chi connectivity index (χ1n) is 20.6. The molecule has 1 fully saturated rings. The number of aromatic nitrogens is 1. The summed E-state index contributed by atoms with van der Waals surface area (Å²) in [6.07, 6.45) is 4.32. The molecular weight excluding hydrogens is 771 g/mol. The molecule has 5 atom stereocenters. The van der Waals surface area contributed by atoms with E-state index in [2.05, 4.69) is 41.9 Å². The highest BCUT2D eigenvalue weighted by molar-refractivity contribution is 5.99. The Balaban J connectivity index is 1.72. The van der Waals surface area contributed by atoms with Crippen molar-refractivity contribution in [2.24, 2.45) is 22.2 Å². The molecule has 324 valence electrons. The second-order valence-corrected chi connectivity index (χ2v) is 15.0. The number of H-pyrrole nitrogens is 1. The number of hydrogen-bond acceptors (Lipinski definition) is 9. The summed E-state index contributed by atoms with van der Waals surface area (Å²) in [7, 11) is 0. The monoisotopic (exact) mass is 829 g/mol. The maximum absolute atomic E-state index is 14.4. The summed E-state index contributed by atoms with van der Waals surface area (Å²) < 4.78 is 0. The van der Waals surface area contributed by atoms with Crippen LogP contribution in [0.2, 0.25) is 0 Å². The first-order valence-corrected chi connectivity index (χ1v) is 20.6. The van der Waals surface area contributed by atoms with Crippen LogP contribution in [-0.4, -0.2) is 95.6 Å². The van der Waals surface area contributed by atoms with Crippen molar-refractivity contribution in [1.29, 1.82) is 0 Å². The van der Waals surface area contributed by atoms with E-state index in [9.17, 15) is 33.6 Å². The topological polar surface area (TPSA) is 298 Å². The second kappa shape index (κ2) is 23.9. The van der Waals surface area contributed by atoms with Gasteiger partial charge < -0.3 is 43.5 Å². The van der Waals surface area contributed by atoms with Crippen LogP contribution in [0, 0.1) is 0 Å². The largest absolute Gasteiger partial charge is 0.370 e. The van der Waals surface area contributed by atoms with Crippen LogP contribution >= 0.6 is 0 Å². The van der Waals surface area contributed by atoms with E-state index in [4.69, 9.17) is 17.2 Å². The molecule has 0 spiro atoms. The molecule has 18 heteroatoms. The number of fused-ring (bicyclic) bond motifs is 1. The number of unbranched alkanes of at least 4 members (excludes halogenated alkanes) is 1. The predicted octanol–water partition coefficient (Wildman–Crippen LogP) is 0.187. The number of guanidine groups is 1. The summed E-state index contributed by atoms with van der Waals surface area (Å²) >= 11 is 0. The molecule has 13 N–H and O–H groups in total. The first kappa shape index (κ1) is 46.4. The normalized spacial score (nSPS) is 22.1. The molecule has 60 heavy (non-hydrogen) atoms. The van der Waals surface area contributed by atoms with Gasteiger partial charge in [0.25, 0.3) is 0 Å². The second-order valence-electron chi connectivity index (χ2n) is 15.0. The molecule has 1 aliphatic heterocycles. The quantitative estimate of drug-likeness (QED) is 0.0512. The van der Waals surface area contributed by atoms with Gasteiger partial charge in [-0.2, -0.15) is 0 Å². The van der Waals surface area contributed by atoms with Gasteiger partial charge in [0.05, 0.1) is 12.1 Å². The molecule has 0 unspecified atom stereocenters. The number of rotatable bonds is 12. The van der Waals surface area contributed by atoms with Crippen molar-refractivity contribution >= 4 is 58.2 Å². The average Bonchev–Trinajstić information content (AvgIpc) is 3.63. The Morgan fingerprint density at radius 3 is 2.12 bits per heavy atom. The minimum Gasteiger partial charge on any atom is -0.370 e. The SMILES string of the molecule is CCCC[C@H]1N[C@H](Cc2ccccc2)C(=O)N[C@@H](CCCN=C(N)N)C(=O)N[C@@H](Cc2c[nH]c3ccccc23)C(=O)N[C@H](C(N)=O)CCCCNC(=O)CCC(=O)NC1=O. The Morgan fingerprint density at radius 1 is 0.717 bits per heavy atom. The zero-order valence-corrected chi connectivity index (χ0v) is 34.1. The zero-order chi connectivity index (χ0) is 43.4. The molecule has 1 aliphatic rings. The summed E-state index contributed by atoms with van der Waals surface area (Å²) in [4.78, 5) is 102. The predicted molar refractivity (Wildman–Crippen MR) is 227 cm³/mol. The number of hydrogen-bond donors (Lipinski definition) is 10. The van der Waals surface area contributed by atoms with Gasteiger partial charge in [0.15, 0.2) is 5.96 Å². The van der Waals surface area contributed by atoms with Crippen molar-refractivity contribution in [2.45, 2.75) is 114 Å². The van der Waals surface area contributed by atoms with Gasteiger partial charge in [0, 0.05) is 49.5 Å². The van der Waals surface area contributed by atoms with E-state index in [1.165, 1.54) is 0 Å². The van der Waals surface area contributed by atoms with Crippen molar-refractivity contribution in [2.75, 3.05) is 13.1 Å². The maximum Gasteiger partial charge on any atom is 0.243 e. The number of aromatic amines is 1. The van der Waals surface area contributed by atoms with Gasteiger partial charge in [0.2, 0.25) is 41.4 Å². The number of nitrogens with one attached hydrogen (secondary N) is 7. The molecule has 4 rings (SSSR count). The molecule has 0 saturated carbocycles. The van der Waals surface area contributed by atoms with Crippen LogP contribution in [0.15, 0.2) is 65.8 Å². The Morgan fingerprint density at radius 2 is 1.38 bits per heavy atom. The van der Waals surface area contributed by atoms with Crippen LogP contribution in [0.4, 0.5) is 0 Å². The highest BCUT2D eigenvalue weighted by Gasteiger charge is 2.33. The lowest BCUT2D eigenvalue weighted by atomic mass is 10.0. The van der Waals surface area contributed by atoms with Gasteiger partial charge in [-0.3, -0.25) is 49.2 Å². The number of nitrogens with zero attached hydrogens (tertiary/aromatic N) is 1. The molecule has 1 aromatic heterocycles. The van der Waals surface area contributed by atoms with E-state index in [0.29, 0.717) is 24.8 Å². The smallest absolute Gasteiger partial charge is 0.243 e. The molecule has 0 radical (unpaired) electrons. The van der Waals surface area contributed by atoms with E-state index >= 15 is 0 Å². The van der Waals surface area contributed by atoms with Crippen LogP contribution in [-0.2, 0) is 46.4 Å². The molecule has 0 bridgehead atoms. The molecule has 18 nitrogen and oxygen atoms in total. The lowest BCUT2D eigenvalue weighted by Crippen LogP contribution is -2.60. The van der Waals surface area contributed by atoms with Gasteiger partial charge in [0.1, 0.15) is 18.1 Å². The van der Waals surface area contributed by atoms with E-state index in [1.54, 1.807) is 6.20 Å². The number of amides is 7. The Bertz CT molecular complexity index is 1960. The Labute approximate surface area is 349 Å². The summed E-state index contributed by atoms with van der Waals surface area (Å²) in [5.74, 6) is -4.63.